The Hall–Kier alpha value is -3.42. The van der Waals surface area contributed by atoms with Crippen LogP contribution in [0.3, 0.4) is 0 Å². The first-order valence-electron chi connectivity index (χ1n) is 17.5. The van der Waals surface area contributed by atoms with Gasteiger partial charge in [0.05, 0.1) is 14.2 Å². The number of hydrogen-bond donors (Lipinski definition) is 0. The Morgan fingerprint density at radius 2 is 0.590 bits per heavy atom. The Balaban J connectivity index is 0. The molecule has 0 spiro atoms. The van der Waals surface area contributed by atoms with Crippen molar-refractivity contribution in [1.82, 2.24) is 0 Å². The molecule has 4 aromatic carbocycles. The number of benzene rings is 4. The molecule has 1 aliphatic rings. The molecule has 61 heavy (non-hydrogen) atoms. The maximum absolute atomic E-state index is 9.75. The molecule has 1 radical (unpaired) electrons. The van der Waals surface area contributed by atoms with Gasteiger partial charge in [-0.25, -0.2) is 0 Å². The summed E-state index contributed by atoms with van der Waals surface area (Å²) in [6, 6.07) is 38.7. The Morgan fingerprint density at radius 1 is 0.377 bits per heavy atom. The normalized spacial score (nSPS) is 13.7. The molecule has 4 aromatic rings. The molecule has 0 saturated carbocycles. The van der Waals surface area contributed by atoms with Crippen LogP contribution in [0.15, 0.2) is 133 Å². The van der Waals surface area contributed by atoms with Gasteiger partial charge >= 0.3 is 29.0 Å². The summed E-state index contributed by atoms with van der Waals surface area (Å²) >= 11 is 0. The second-order valence-electron chi connectivity index (χ2n) is 11.4. The zero-order valence-corrected chi connectivity index (χ0v) is 35.8. The number of methoxy groups -OCH3 is 2. The molecule has 0 fully saturated rings. The first-order chi connectivity index (χ1) is 27.8. The maximum Gasteiger partial charge on any atom is 0.673 e. The van der Waals surface area contributed by atoms with E-state index in [0.717, 1.165) is 23.8 Å². The van der Waals surface area contributed by atoms with Gasteiger partial charge in [0.25, 0.3) is 0 Å². The average molecular weight is 1020 g/mol. The zero-order valence-electron chi connectivity index (χ0n) is 32.3. The predicted molar refractivity (Wildman–Crippen MR) is 218 cm³/mol. The molecule has 25 heteroatoms. The van der Waals surface area contributed by atoms with Crippen LogP contribution in [-0.2, 0) is 19.5 Å². The number of para-hydroxylation sites is 2. The molecule has 0 saturated heterocycles. The van der Waals surface area contributed by atoms with Gasteiger partial charge in [-0.15, -0.1) is 0 Å². The summed E-state index contributed by atoms with van der Waals surface area (Å²) in [5, 5.41) is 5.38. The van der Waals surface area contributed by atoms with Crippen molar-refractivity contribution >= 4 is 66.1 Å². The van der Waals surface area contributed by atoms with Gasteiger partial charge in [-0.1, -0.05) is 121 Å². The van der Waals surface area contributed by atoms with E-state index in [4.69, 9.17) is 9.47 Å². The number of halogens is 16. The van der Waals surface area contributed by atoms with E-state index in [9.17, 15) is 69.1 Å². The number of rotatable bonds is 9. The van der Waals surface area contributed by atoms with E-state index in [1.807, 2.05) is 12.1 Å². The molecule has 5 rings (SSSR count). The van der Waals surface area contributed by atoms with Crippen molar-refractivity contribution in [2.45, 2.75) is 25.7 Å². The Bertz CT molecular complexity index is 1580. The van der Waals surface area contributed by atoms with Crippen LogP contribution in [0.4, 0.5) is 69.1 Å². The van der Waals surface area contributed by atoms with E-state index >= 15 is 0 Å². The van der Waals surface area contributed by atoms with Gasteiger partial charge in [0.1, 0.15) is 11.5 Å². The monoisotopic (exact) mass is 1020 g/mol. The van der Waals surface area contributed by atoms with Gasteiger partial charge in [-0.05, 0) is 76.6 Å². The van der Waals surface area contributed by atoms with E-state index in [0.29, 0.717) is 0 Å². The molecule has 0 heterocycles. The largest absolute Gasteiger partial charge is 0.673 e. The van der Waals surface area contributed by atoms with Crippen molar-refractivity contribution in [1.29, 1.82) is 0 Å². The second-order valence-corrected chi connectivity index (χ2v) is 16.0. The van der Waals surface area contributed by atoms with Gasteiger partial charge in [0, 0.05) is 30.1 Å². The number of ether oxygens (including phenoxy) is 2. The summed E-state index contributed by atoms with van der Waals surface area (Å²) in [7, 11) is -21.6. The zero-order chi connectivity index (χ0) is 45.8. The minimum Gasteiger partial charge on any atom is -0.496 e. The standard InChI is InChI=1S/C28H28O2P2.C8H12.4BF4.Rh/c1-29-25-17-9-11-19-27(25)31(23-13-5-3-6-14-23)21-22-32(24-15-7-4-8-16-24)28-20-12-10-18-26(28)30-2;1-2-4-6-8-7-5-3-1;4*2-1(3,4)5;/h3-20H,21-22H2,1-2H3;1-2,7-8H,3-6H2;;;;;/q;;4*-1;/b;2-1-,8-7?;;;;;/t31-,32-;;;;;;/m1....../s1. The molecule has 0 bridgehead atoms. The van der Waals surface area contributed by atoms with Gasteiger partial charge in [-0.2, -0.15) is 0 Å². The Labute approximate surface area is 360 Å². The fourth-order valence-electron chi connectivity index (χ4n) is 4.75. The minimum absolute atomic E-state index is 0. The van der Waals surface area contributed by atoms with E-state index in [1.54, 1.807) is 14.2 Å². The smallest absolute Gasteiger partial charge is 0.496 e. The fourth-order valence-corrected chi connectivity index (χ4v) is 10.4. The molecule has 1 aliphatic carbocycles. The maximum atomic E-state index is 9.75. The van der Waals surface area contributed by atoms with Crippen LogP contribution in [-0.4, -0.2) is 55.6 Å². The molecule has 0 N–H and O–H groups in total. The third kappa shape index (κ3) is 36.9. The topological polar surface area (TPSA) is 18.5 Å². The van der Waals surface area contributed by atoms with Crippen LogP contribution in [0.1, 0.15) is 25.7 Å². The van der Waals surface area contributed by atoms with E-state index in [-0.39, 0.29) is 19.5 Å². The molecule has 0 unspecified atom stereocenters. The molecule has 2 nitrogen and oxygen atoms in total. The minimum atomic E-state index is -6.00. The number of hydrogen-bond acceptors (Lipinski definition) is 2. The van der Waals surface area contributed by atoms with Crippen LogP contribution in [0, 0.1) is 0 Å². The fraction of sp³-hybridized carbons (Fsp3) is 0.222. The van der Waals surface area contributed by atoms with Crippen molar-refractivity contribution in [3.63, 3.8) is 0 Å². The third-order valence-corrected chi connectivity index (χ3v) is 12.2. The second kappa shape index (κ2) is 31.4. The SMILES string of the molecule is C1=CCC/C=C\CC1.COc1ccccc1[P@](CC[P@](c1ccccc1)c1ccccc1OC)c1ccccc1.F[B-](F)(F)F.F[B-](F)(F)F.F[B-](F)(F)F.F[B-](F)(F)F.[Rh]. The summed E-state index contributed by atoms with van der Waals surface area (Å²) in [4.78, 5) is 0. The molecular weight excluding hydrogens is 976 g/mol. The molecule has 0 aromatic heterocycles. The van der Waals surface area contributed by atoms with Crippen LogP contribution in [0.25, 0.3) is 0 Å². The van der Waals surface area contributed by atoms with Crippen molar-refractivity contribution in [2.75, 3.05) is 26.5 Å². The van der Waals surface area contributed by atoms with Crippen molar-refractivity contribution in [2.24, 2.45) is 0 Å². The summed E-state index contributed by atoms with van der Waals surface area (Å²) in [5.41, 5.74) is 0. The summed E-state index contributed by atoms with van der Waals surface area (Å²) in [6.45, 7) is 0. The van der Waals surface area contributed by atoms with Crippen molar-refractivity contribution in [3.8, 4) is 11.5 Å². The van der Waals surface area contributed by atoms with Gasteiger partial charge < -0.3 is 78.5 Å². The molecular formula is C36H40B4F16O2P2Rh-4. The van der Waals surface area contributed by atoms with Gasteiger partial charge in [0.2, 0.25) is 0 Å². The van der Waals surface area contributed by atoms with Crippen molar-refractivity contribution in [3.05, 3.63) is 133 Å². The van der Waals surface area contributed by atoms with Crippen LogP contribution in [0.2, 0.25) is 0 Å². The Morgan fingerprint density at radius 3 is 0.820 bits per heavy atom. The average Bonchev–Trinajstić information content (AvgIpc) is 3.12. The van der Waals surface area contributed by atoms with Crippen LogP contribution in [0.5, 0.6) is 11.5 Å². The quantitative estimate of drug-likeness (QED) is 0.0720. The molecule has 0 aliphatic heterocycles. The van der Waals surface area contributed by atoms with Crippen molar-refractivity contribution < 1.29 is 98.0 Å². The molecule has 343 valence electrons. The van der Waals surface area contributed by atoms with E-state index in [2.05, 4.69) is 121 Å². The first kappa shape index (κ1) is 59.7. The summed E-state index contributed by atoms with van der Waals surface area (Å²) in [5.74, 6) is 1.95. The van der Waals surface area contributed by atoms with Crippen LogP contribution < -0.4 is 30.7 Å². The molecule has 2 atom stereocenters. The summed E-state index contributed by atoms with van der Waals surface area (Å²) in [6.07, 6.45) is 16.2. The van der Waals surface area contributed by atoms with E-state index < -0.39 is 44.9 Å². The molecule has 0 amide bonds. The predicted octanol–water partition coefficient (Wildman–Crippen LogP) is 13.1. The van der Waals surface area contributed by atoms with E-state index in [1.165, 1.54) is 46.9 Å². The third-order valence-electron chi connectivity index (χ3n) is 6.77. The first-order valence-corrected chi connectivity index (χ1v) is 20.6. The van der Waals surface area contributed by atoms with Gasteiger partial charge in [0.15, 0.2) is 0 Å². The number of allylic oxidation sites excluding steroid dienone is 4. The Kier molecular flexibility index (Phi) is 30.7. The van der Waals surface area contributed by atoms with Gasteiger partial charge in [-0.3, -0.25) is 0 Å². The summed E-state index contributed by atoms with van der Waals surface area (Å²) < 4.78 is 168. The van der Waals surface area contributed by atoms with Crippen LogP contribution >= 0.6 is 15.8 Å².